The monoisotopic (exact) mass is 342 g/mol. The number of methoxy groups -OCH3 is 1. The molecule has 1 aromatic rings. The molecule has 1 N–H and O–H groups in total. The van der Waals surface area contributed by atoms with Crippen molar-refractivity contribution < 1.29 is 27.5 Å². The number of esters is 1. The Hall–Kier alpha value is -2.56. The summed E-state index contributed by atoms with van der Waals surface area (Å²) in [6, 6.07) is 5.21. The number of benzene rings is 1. The first kappa shape index (κ1) is 19.5. The molecule has 0 saturated heterocycles. The molecule has 24 heavy (non-hydrogen) atoms. The summed E-state index contributed by atoms with van der Waals surface area (Å²) in [6.07, 6.45) is -3.25. The van der Waals surface area contributed by atoms with Crippen molar-refractivity contribution in [3.8, 4) is 6.07 Å². The first-order valence-electron chi connectivity index (χ1n) is 7.23. The van der Waals surface area contributed by atoms with Crippen molar-refractivity contribution in [1.29, 1.82) is 5.26 Å². The van der Waals surface area contributed by atoms with Crippen molar-refractivity contribution in [2.75, 3.05) is 7.11 Å². The van der Waals surface area contributed by atoms with Crippen LogP contribution in [0.1, 0.15) is 41.6 Å². The highest BCUT2D eigenvalue weighted by molar-refractivity contribution is 5.98. The lowest BCUT2D eigenvalue weighted by Gasteiger charge is -2.18. The quantitative estimate of drug-likeness (QED) is 0.610. The zero-order chi connectivity index (χ0) is 18.2. The number of nitrogens with zero attached hydrogens (tertiary/aromatic N) is 1. The van der Waals surface area contributed by atoms with Gasteiger partial charge in [0.25, 0.3) is 5.91 Å². The molecule has 5 nitrogen and oxygen atoms in total. The molecule has 0 heterocycles. The average Bonchev–Trinajstić information content (AvgIpc) is 2.56. The van der Waals surface area contributed by atoms with Crippen LogP contribution in [0.2, 0.25) is 0 Å². The minimum absolute atomic E-state index is 0.175. The van der Waals surface area contributed by atoms with Crippen LogP contribution in [0.3, 0.4) is 0 Å². The largest absolute Gasteiger partial charge is 0.467 e. The van der Waals surface area contributed by atoms with Gasteiger partial charge in [0.1, 0.15) is 6.04 Å². The Labute approximate surface area is 137 Å². The number of ether oxygens (including phenoxy) is 1. The van der Waals surface area contributed by atoms with E-state index in [9.17, 15) is 22.8 Å². The number of rotatable bonds is 7. The zero-order valence-electron chi connectivity index (χ0n) is 13.0. The van der Waals surface area contributed by atoms with Gasteiger partial charge in [-0.15, -0.1) is 0 Å². The van der Waals surface area contributed by atoms with E-state index >= 15 is 0 Å². The van der Waals surface area contributed by atoms with Crippen molar-refractivity contribution in [1.82, 2.24) is 5.32 Å². The molecule has 0 saturated carbocycles. The molecular weight excluding hydrogens is 325 g/mol. The Bertz CT molecular complexity index is 624. The molecule has 0 spiro atoms. The van der Waals surface area contributed by atoms with Gasteiger partial charge < -0.3 is 10.1 Å². The fourth-order valence-corrected chi connectivity index (χ4v) is 2.11. The number of carbonyl (C=O) groups is 2. The molecule has 130 valence electrons. The topological polar surface area (TPSA) is 79.2 Å². The van der Waals surface area contributed by atoms with Gasteiger partial charge in [-0.25, -0.2) is 4.79 Å². The van der Waals surface area contributed by atoms with Gasteiger partial charge in [0, 0.05) is 6.42 Å². The Balaban J connectivity index is 2.89. The predicted molar refractivity (Wildman–Crippen MR) is 78.8 cm³/mol. The fraction of sp³-hybridized carbons (Fsp3) is 0.438. The summed E-state index contributed by atoms with van der Waals surface area (Å²) < 4.78 is 43.4. The van der Waals surface area contributed by atoms with Crippen molar-refractivity contribution in [3.05, 3.63) is 35.4 Å². The summed E-state index contributed by atoms with van der Waals surface area (Å²) in [6.45, 7) is 0. The molecule has 8 heteroatoms. The molecule has 0 aliphatic rings. The van der Waals surface area contributed by atoms with Gasteiger partial charge in [0.05, 0.1) is 24.3 Å². The molecule has 0 bridgehead atoms. The van der Waals surface area contributed by atoms with E-state index in [4.69, 9.17) is 5.26 Å². The summed E-state index contributed by atoms with van der Waals surface area (Å²) >= 11 is 0. The number of carbonyl (C=O) groups excluding carboxylic acids is 2. The Morgan fingerprint density at radius 3 is 2.54 bits per heavy atom. The van der Waals surface area contributed by atoms with Gasteiger partial charge in [-0.05, 0) is 31.4 Å². The molecule has 1 amide bonds. The molecule has 0 unspecified atom stereocenters. The van der Waals surface area contributed by atoms with Crippen LogP contribution in [-0.2, 0) is 15.7 Å². The molecule has 1 rings (SSSR count). The number of unbranched alkanes of at least 4 members (excludes halogenated alkanes) is 2. The third-order valence-corrected chi connectivity index (χ3v) is 3.30. The SMILES string of the molecule is COC(=O)[C@@H](CCCCC#N)NC(=O)c1ccccc1C(F)(F)F. The minimum atomic E-state index is -4.68. The number of nitrogens with one attached hydrogen (secondary N) is 1. The van der Waals surface area contributed by atoms with Crippen LogP contribution in [0.4, 0.5) is 13.2 Å². The lowest BCUT2D eigenvalue weighted by atomic mass is 10.0. The van der Waals surface area contributed by atoms with Crippen LogP contribution in [0.25, 0.3) is 0 Å². The van der Waals surface area contributed by atoms with Crippen molar-refractivity contribution in [2.45, 2.75) is 37.9 Å². The third-order valence-electron chi connectivity index (χ3n) is 3.30. The van der Waals surface area contributed by atoms with E-state index in [1.807, 2.05) is 6.07 Å². The van der Waals surface area contributed by atoms with Crippen LogP contribution in [-0.4, -0.2) is 25.0 Å². The van der Waals surface area contributed by atoms with E-state index in [-0.39, 0.29) is 6.42 Å². The second kappa shape index (κ2) is 8.91. The Kier molecular flexibility index (Phi) is 7.24. The molecule has 1 aromatic carbocycles. The second-order valence-electron chi connectivity index (χ2n) is 5.00. The van der Waals surface area contributed by atoms with E-state index < -0.39 is 35.2 Å². The zero-order valence-corrected chi connectivity index (χ0v) is 13.0. The average molecular weight is 342 g/mol. The second-order valence-corrected chi connectivity index (χ2v) is 5.00. The van der Waals surface area contributed by atoms with Crippen LogP contribution in [0.5, 0.6) is 0 Å². The van der Waals surface area contributed by atoms with Crippen molar-refractivity contribution in [2.24, 2.45) is 0 Å². The van der Waals surface area contributed by atoms with E-state index in [2.05, 4.69) is 10.1 Å². The highest BCUT2D eigenvalue weighted by Crippen LogP contribution is 2.31. The molecule has 1 atom stereocenters. The first-order chi connectivity index (χ1) is 11.3. The van der Waals surface area contributed by atoms with Crippen LogP contribution >= 0.6 is 0 Å². The van der Waals surface area contributed by atoms with E-state index in [0.29, 0.717) is 19.3 Å². The Morgan fingerprint density at radius 2 is 1.96 bits per heavy atom. The maximum atomic E-state index is 13.0. The maximum Gasteiger partial charge on any atom is 0.417 e. The lowest BCUT2D eigenvalue weighted by Crippen LogP contribution is -2.42. The Morgan fingerprint density at radius 1 is 1.29 bits per heavy atom. The summed E-state index contributed by atoms with van der Waals surface area (Å²) in [4.78, 5) is 23.9. The van der Waals surface area contributed by atoms with E-state index in [1.165, 1.54) is 12.1 Å². The van der Waals surface area contributed by atoms with Crippen LogP contribution < -0.4 is 5.32 Å². The number of amides is 1. The fourth-order valence-electron chi connectivity index (χ4n) is 2.11. The van der Waals surface area contributed by atoms with Crippen molar-refractivity contribution in [3.63, 3.8) is 0 Å². The molecule has 0 aliphatic heterocycles. The molecule has 0 fully saturated rings. The molecule has 0 radical (unpaired) electrons. The van der Waals surface area contributed by atoms with Gasteiger partial charge in [-0.1, -0.05) is 12.1 Å². The van der Waals surface area contributed by atoms with Gasteiger partial charge in [-0.3, -0.25) is 4.79 Å². The normalized spacial score (nSPS) is 12.1. The van der Waals surface area contributed by atoms with Gasteiger partial charge in [0.15, 0.2) is 0 Å². The van der Waals surface area contributed by atoms with Crippen molar-refractivity contribution >= 4 is 11.9 Å². The standard InChI is InChI=1S/C16H17F3N2O3/c1-24-15(23)13(9-3-2-6-10-20)21-14(22)11-7-4-5-8-12(11)16(17,18)19/h4-5,7-8,13H,2-3,6,9H2,1H3,(H,21,22)/t13-/m1/s1. The van der Waals surface area contributed by atoms with Crippen LogP contribution in [0.15, 0.2) is 24.3 Å². The third kappa shape index (κ3) is 5.57. The van der Waals surface area contributed by atoms with Gasteiger partial charge in [0.2, 0.25) is 0 Å². The van der Waals surface area contributed by atoms with E-state index in [0.717, 1.165) is 19.2 Å². The predicted octanol–water partition coefficient (Wildman–Crippen LogP) is 3.06. The molecule has 0 aromatic heterocycles. The smallest absolute Gasteiger partial charge is 0.417 e. The van der Waals surface area contributed by atoms with Gasteiger partial charge >= 0.3 is 12.1 Å². The number of alkyl halides is 3. The number of halogens is 3. The lowest BCUT2D eigenvalue weighted by molar-refractivity contribution is -0.143. The maximum absolute atomic E-state index is 13.0. The summed E-state index contributed by atoms with van der Waals surface area (Å²) in [5.74, 6) is -1.75. The van der Waals surface area contributed by atoms with Gasteiger partial charge in [-0.2, -0.15) is 18.4 Å². The summed E-state index contributed by atoms with van der Waals surface area (Å²) in [7, 11) is 1.13. The highest BCUT2D eigenvalue weighted by Gasteiger charge is 2.35. The summed E-state index contributed by atoms with van der Waals surface area (Å²) in [5.41, 5.74) is -1.63. The summed E-state index contributed by atoms with van der Waals surface area (Å²) in [5, 5.41) is 10.7. The number of nitriles is 1. The number of hydrogen-bond donors (Lipinski definition) is 1. The molecule has 0 aliphatic carbocycles. The minimum Gasteiger partial charge on any atom is -0.467 e. The van der Waals surface area contributed by atoms with Crippen LogP contribution in [0, 0.1) is 11.3 Å². The first-order valence-corrected chi connectivity index (χ1v) is 7.23. The highest BCUT2D eigenvalue weighted by atomic mass is 19.4. The van der Waals surface area contributed by atoms with E-state index in [1.54, 1.807) is 0 Å². The number of hydrogen-bond acceptors (Lipinski definition) is 4. The molecular formula is C16H17F3N2O3.